The molecule has 3 aromatic rings. The molecule has 0 saturated carbocycles. The van der Waals surface area contributed by atoms with Crippen LogP contribution in [0.25, 0.3) is 22.4 Å². The molecule has 8 heteroatoms. The van der Waals surface area contributed by atoms with Crippen LogP contribution in [0, 0.1) is 0 Å². The van der Waals surface area contributed by atoms with E-state index in [1.54, 1.807) is 19.4 Å². The molecule has 5 heterocycles. The van der Waals surface area contributed by atoms with Crippen molar-refractivity contribution in [3.05, 3.63) is 42.6 Å². The van der Waals surface area contributed by atoms with E-state index >= 15 is 0 Å². The number of nitrogens with one attached hydrogen (secondary N) is 1. The van der Waals surface area contributed by atoms with Crippen molar-refractivity contribution >= 4 is 17.6 Å². The maximum atomic E-state index is 10.9. The third-order valence-corrected chi connectivity index (χ3v) is 9.11. The molecule has 2 N–H and O–H groups in total. The SMILES string of the molecule is COc1cc(-c2ccc(-c3cc4c(nn3)N([C@H]3C[C@]5(C)CC[C@](C)(C3)N5)CCCS4)c(O)c2)ccn1. The van der Waals surface area contributed by atoms with Gasteiger partial charge in [-0.15, -0.1) is 22.0 Å². The van der Waals surface area contributed by atoms with E-state index in [2.05, 4.69) is 40.2 Å². The first kappa shape index (κ1) is 23.6. The van der Waals surface area contributed by atoms with Crippen LogP contribution in [0.15, 0.2) is 47.5 Å². The molecule has 3 atom stereocenters. The van der Waals surface area contributed by atoms with Crippen molar-refractivity contribution in [3.8, 4) is 34.0 Å². The van der Waals surface area contributed by atoms with Gasteiger partial charge in [0, 0.05) is 41.5 Å². The van der Waals surface area contributed by atoms with E-state index in [0.29, 0.717) is 23.2 Å². The molecule has 0 amide bonds. The van der Waals surface area contributed by atoms with Crippen LogP contribution in [-0.4, -0.2) is 56.8 Å². The van der Waals surface area contributed by atoms with Crippen LogP contribution in [0.1, 0.15) is 46.0 Å². The number of anilines is 1. The number of hydrogen-bond donors (Lipinski definition) is 2. The molecule has 2 bridgehead atoms. The maximum absolute atomic E-state index is 10.9. The summed E-state index contributed by atoms with van der Waals surface area (Å²) in [6.45, 7) is 5.77. The van der Waals surface area contributed by atoms with Crippen molar-refractivity contribution in [2.45, 2.75) is 68.0 Å². The molecule has 2 fully saturated rings. The number of hydrogen-bond acceptors (Lipinski definition) is 8. The number of aromatic nitrogens is 3. The summed E-state index contributed by atoms with van der Waals surface area (Å²) in [6, 6.07) is 12.0. The van der Waals surface area contributed by atoms with Gasteiger partial charge in [-0.05, 0) is 87.1 Å². The molecular formula is C28H33N5O2S. The fourth-order valence-corrected chi connectivity index (χ4v) is 7.33. The minimum absolute atomic E-state index is 0.184. The van der Waals surface area contributed by atoms with Gasteiger partial charge in [0.25, 0.3) is 0 Å². The summed E-state index contributed by atoms with van der Waals surface area (Å²) in [7, 11) is 1.60. The highest BCUT2D eigenvalue weighted by atomic mass is 32.2. The number of rotatable bonds is 4. The van der Waals surface area contributed by atoms with E-state index in [4.69, 9.17) is 9.84 Å². The van der Waals surface area contributed by atoms with E-state index in [-0.39, 0.29) is 16.8 Å². The highest BCUT2D eigenvalue weighted by Crippen LogP contribution is 2.46. The van der Waals surface area contributed by atoms with Crippen LogP contribution in [0.3, 0.4) is 0 Å². The Bertz CT molecular complexity index is 1280. The quantitative estimate of drug-likeness (QED) is 0.497. The molecular weight excluding hydrogens is 470 g/mol. The van der Waals surface area contributed by atoms with Crippen LogP contribution >= 0.6 is 11.8 Å². The topological polar surface area (TPSA) is 83.4 Å². The first-order chi connectivity index (χ1) is 17.3. The lowest BCUT2D eigenvalue weighted by atomic mass is 9.84. The van der Waals surface area contributed by atoms with Gasteiger partial charge in [-0.1, -0.05) is 6.07 Å². The Labute approximate surface area is 216 Å². The van der Waals surface area contributed by atoms with Gasteiger partial charge in [0.05, 0.1) is 17.7 Å². The van der Waals surface area contributed by atoms with Gasteiger partial charge in [0.2, 0.25) is 5.88 Å². The fourth-order valence-electron chi connectivity index (χ4n) is 6.36. The number of phenols is 1. The molecule has 3 aliphatic rings. The third-order valence-electron chi connectivity index (χ3n) is 8.01. The molecule has 0 aliphatic carbocycles. The molecule has 188 valence electrons. The van der Waals surface area contributed by atoms with Crippen LogP contribution in [0.4, 0.5) is 5.82 Å². The Hall–Kier alpha value is -2.84. The van der Waals surface area contributed by atoms with Gasteiger partial charge in [-0.3, -0.25) is 0 Å². The Kier molecular flexibility index (Phi) is 5.84. The monoisotopic (exact) mass is 503 g/mol. The van der Waals surface area contributed by atoms with Gasteiger partial charge in [0.15, 0.2) is 5.82 Å². The van der Waals surface area contributed by atoms with Crippen LogP contribution in [-0.2, 0) is 0 Å². The highest BCUT2D eigenvalue weighted by Gasteiger charge is 2.50. The number of aromatic hydroxyl groups is 1. The van der Waals surface area contributed by atoms with Gasteiger partial charge in [0.1, 0.15) is 5.75 Å². The van der Waals surface area contributed by atoms with E-state index in [1.807, 2.05) is 36.0 Å². The zero-order valence-electron chi connectivity index (χ0n) is 21.1. The minimum atomic E-state index is 0.184. The maximum Gasteiger partial charge on any atom is 0.213 e. The molecule has 1 aromatic carbocycles. The molecule has 7 nitrogen and oxygen atoms in total. The van der Waals surface area contributed by atoms with Gasteiger partial charge in [-0.2, -0.15) is 0 Å². The molecule has 0 spiro atoms. The van der Waals surface area contributed by atoms with Crippen LogP contribution < -0.4 is 15.0 Å². The summed E-state index contributed by atoms with van der Waals surface area (Å²) in [4.78, 5) is 7.84. The standard InChI is InChI=1S/C28H33N5O2S/c1-27-8-9-28(2,32-27)17-20(16-27)33-11-4-12-36-24-15-22(30-31-26(24)33)21-6-5-18(13-23(21)34)19-7-10-29-25(14-19)35-3/h5-7,10,13-15,20,32,34H,4,8-9,11-12,16-17H2,1-3H3/t20-,27-,28+. The molecule has 36 heavy (non-hydrogen) atoms. The lowest BCUT2D eigenvalue weighted by Crippen LogP contribution is -2.59. The van der Waals surface area contributed by atoms with E-state index < -0.39 is 0 Å². The average Bonchev–Trinajstić information content (AvgIpc) is 3.00. The number of methoxy groups -OCH3 is 1. The lowest BCUT2D eigenvalue weighted by molar-refractivity contribution is 0.204. The number of nitrogens with zero attached hydrogens (tertiary/aromatic N) is 4. The third kappa shape index (κ3) is 4.30. The minimum Gasteiger partial charge on any atom is -0.507 e. The summed E-state index contributed by atoms with van der Waals surface area (Å²) in [5, 5.41) is 24.2. The lowest BCUT2D eigenvalue weighted by Gasteiger charge is -2.46. The van der Waals surface area contributed by atoms with Crippen molar-refractivity contribution in [2.24, 2.45) is 0 Å². The van der Waals surface area contributed by atoms with Crippen molar-refractivity contribution in [3.63, 3.8) is 0 Å². The number of pyridine rings is 1. The van der Waals surface area contributed by atoms with Crippen molar-refractivity contribution < 1.29 is 9.84 Å². The number of piperidine rings is 1. The zero-order valence-corrected chi connectivity index (χ0v) is 21.9. The first-order valence-corrected chi connectivity index (χ1v) is 13.7. The van der Waals surface area contributed by atoms with Gasteiger partial charge in [-0.25, -0.2) is 4.98 Å². The van der Waals surface area contributed by atoms with Crippen molar-refractivity contribution in [2.75, 3.05) is 24.3 Å². The molecule has 6 rings (SSSR count). The number of fused-ring (bicyclic) bond motifs is 3. The van der Waals surface area contributed by atoms with Crippen molar-refractivity contribution in [1.82, 2.24) is 20.5 Å². The second-order valence-electron chi connectivity index (χ2n) is 10.9. The van der Waals surface area contributed by atoms with Crippen LogP contribution in [0.5, 0.6) is 11.6 Å². The zero-order chi connectivity index (χ0) is 24.9. The van der Waals surface area contributed by atoms with Crippen LogP contribution in [0.2, 0.25) is 0 Å². The predicted molar refractivity (Wildman–Crippen MR) is 144 cm³/mol. The van der Waals surface area contributed by atoms with Crippen molar-refractivity contribution in [1.29, 1.82) is 0 Å². The first-order valence-electron chi connectivity index (χ1n) is 12.8. The summed E-state index contributed by atoms with van der Waals surface area (Å²) >= 11 is 1.85. The Morgan fingerprint density at radius 2 is 1.83 bits per heavy atom. The summed E-state index contributed by atoms with van der Waals surface area (Å²) in [5.74, 6) is 2.78. The van der Waals surface area contributed by atoms with E-state index in [0.717, 1.165) is 53.4 Å². The molecule has 0 unspecified atom stereocenters. The number of ether oxygens (including phenoxy) is 1. The van der Waals surface area contributed by atoms with E-state index in [1.165, 1.54) is 12.8 Å². The normalized spacial score (nSPS) is 27.4. The van der Waals surface area contributed by atoms with Gasteiger partial charge >= 0.3 is 0 Å². The molecule has 2 aromatic heterocycles. The number of thioether (sulfide) groups is 1. The molecule has 3 aliphatic heterocycles. The summed E-state index contributed by atoms with van der Waals surface area (Å²) in [6.07, 6.45) is 7.58. The second-order valence-corrected chi connectivity index (χ2v) is 12.1. The Morgan fingerprint density at radius 3 is 2.58 bits per heavy atom. The fraction of sp³-hybridized carbons (Fsp3) is 0.464. The molecule has 0 radical (unpaired) electrons. The number of phenolic OH excluding ortho intramolecular Hbond substituents is 1. The largest absolute Gasteiger partial charge is 0.507 e. The average molecular weight is 504 g/mol. The number of benzene rings is 1. The predicted octanol–water partition coefficient (Wildman–Crippen LogP) is 5.29. The molecule has 2 saturated heterocycles. The Morgan fingerprint density at radius 1 is 1.06 bits per heavy atom. The summed E-state index contributed by atoms with van der Waals surface area (Å²) in [5.41, 5.74) is 3.62. The van der Waals surface area contributed by atoms with E-state index in [9.17, 15) is 5.11 Å². The summed E-state index contributed by atoms with van der Waals surface area (Å²) < 4.78 is 5.24. The Balaban J connectivity index is 1.31. The second kappa shape index (κ2) is 8.92. The smallest absolute Gasteiger partial charge is 0.213 e. The van der Waals surface area contributed by atoms with Gasteiger partial charge < -0.3 is 20.1 Å². The highest BCUT2D eigenvalue weighted by molar-refractivity contribution is 7.99.